The van der Waals surface area contributed by atoms with Gasteiger partial charge in [-0.15, -0.1) is 0 Å². The van der Waals surface area contributed by atoms with Gasteiger partial charge in [-0.1, -0.05) is 17.3 Å². The molecule has 0 aliphatic heterocycles. The molecule has 0 atom stereocenters. The molecule has 1 heterocycles. The number of aromatic nitrogens is 2. The molecule has 0 aliphatic rings. The monoisotopic (exact) mass is 282 g/mol. The quantitative estimate of drug-likeness (QED) is 0.789. The van der Waals surface area contributed by atoms with Crippen LogP contribution in [0.4, 0.5) is 0 Å². The summed E-state index contributed by atoms with van der Waals surface area (Å²) in [6, 6.07) is 6.72. The molecule has 0 saturated carbocycles. The molecule has 2 rings (SSSR count). The molecular formula is C11H14N4O3S. The lowest BCUT2D eigenvalue weighted by atomic mass is 10.2. The van der Waals surface area contributed by atoms with Crippen LogP contribution in [0.25, 0.3) is 0 Å². The van der Waals surface area contributed by atoms with E-state index in [4.69, 9.17) is 0 Å². The van der Waals surface area contributed by atoms with Gasteiger partial charge >= 0.3 is 0 Å². The summed E-state index contributed by atoms with van der Waals surface area (Å²) in [4.78, 5) is 3.96. The minimum Gasteiger partial charge on any atom is -0.343 e. The Bertz CT molecular complexity index is 625. The highest BCUT2D eigenvalue weighted by atomic mass is 32.2. The summed E-state index contributed by atoms with van der Waals surface area (Å²) in [5.41, 5.74) is 0.893. The molecule has 0 aliphatic carbocycles. The van der Waals surface area contributed by atoms with Crippen molar-refractivity contribution in [2.45, 2.75) is 18.0 Å². The fraction of sp³-hybridized carbons (Fsp3) is 0.273. The molecule has 0 amide bonds. The summed E-state index contributed by atoms with van der Waals surface area (Å²) in [6.07, 6.45) is 1.15. The molecule has 0 radical (unpaired) electrons. The Kier molecular flexibility index (Phi) is 4.25. The number of nitrogens with one attached hydrogen (secondary N) is 2. The lowest BCUT2D eigenvalue weighted by Gasteiger charge is -2.07. The number of benzene rings is 1. The van der Waals surface area contributed by atoms with Crippen LogP contribution >= 0.6 is 0 Å². The number of rotatable bonds is 6. The maximum absolute atomic E-state index is 12.1. The first-order chi connectivity index (χ1) is 9.12. The van der Waals surface area contributed by atoms with Gasteiger partial charge in [0.15, 0.2) is 5.82 Å². The van der Waals surface area contributed by atoms with Crippen LogP contribution in [-0.4, -0.2) is 25.6 Å². The van der Waals surface area contributed by atoms with Gasteiger partial charge < -0.3 is 9.84 Å². The standard InChI is InChI=1S/C11H14N4O3S/c1-12-6-9-3-2-4-10(5-9)19(16,17)14-7-11-13-8-18-15-11/h2-5,8,12,14H,6-7H2,1H3. The van der Waals surface area contributed by atoms with Crippen LogP contribution < -0.4 is 10.0 Å². The van der Waals surface area contributed by atoms with Crippen molar-refractivity contribution in [1.82, 2.24) is 20.2 Å². The van der Waals surface area contributed by atoms with Crippen LogP contribution in [0.5, 0.6) is 0 Å². The molecule has 0 bridgehead atoms. The largest absolute Gasteiger partial charge is 0.343 e. The second kappa shape index (κ2) is 5.91. The number of hydrogen-bond donors (Lipinski definition) is 2. The lowest BCUT2D eigenvalue weighted by Crippen LogP contribution is -2.24. The molecule has 19 heavy (non-hydrogen) atoms. The van der Waals surface area contributed by atoms with Gasteiger partial charge in [0.2, 0.25) is 16.4 Å². The second-order valence-corrected chi connectivity index (χ2v) is 5.62. The number of nitrogens with zero attached hydrogens (tertiary/aromatic N) is 2. The normalized spacial score (nSPS) is 11.6. The van der Waals surface area contributed by atoms with Crippen molar-refractivity contribution in [2.24, 2.45) is 0 Å². The summed E-state index contributed by atoms with van der Waals surface area (Å²) >= 11 is 0. The van der Waals surface area contributed by atoms with Crippen molar-refractivity contribution in [3.63, 3.8) is 0 Å². The van der Waals surface area contributed by atoms with E-state index >= 15 is 0 Å². The van der Waals surface area contributed by atoms with Crippen molar-refractivity contribution in [3.05, 3.63) is 42.0 Å². The maximum atomic E-state index is 12.1. The van der Waals surface area contributed by atoms with Gasteiger partial charge in [-0.05, 0) is 24.7 Å². The Morgan fingerprint density at radius 2 is 2.16 bits per heavy atom. The van der Waals surface area contributed by atoms with Gasteiger partial charge in [0.05, 0.1) is 11.4 Å². The van der Waals surface area contributed by atoms with E-state index in [0.717, 1.165) is 12.0 Å². The third-order valence-corrected chi connectivity index (χ3v) is 3.82. The second-order valence-electron chi connectivity index (χ2n) is 3.85. The molecule has 0 unspecified atom stereocenters. The van der Waals surface area contributed by atoms with E-state index < -0.39 is 10.0 Å². The minimum absolute atomic E-state index is 0.00487. The van der Waals surface area contributed by atoms with E-state index in [2.05, 4.69) is 24.7 Å². The van der Waals surface area contributed by atoms with Crippen molar-refractivity contribution < 1.29 is 12.9 Å². The van der Waals surface area contributed by atoms with E-state index in [1.165, 1.54) is 6.07 Å². The van der Waals surface area contributed by atoms with Crippen molar-refractivity contribution >= 4 is 10.0 Å². The predicted octanol–water partition coefficient (Wildman–Crippen LogP) is 0.267. The van der Waals surface area contributed by atoms with Crippen LogP contribution in [0, 0.1) is 0 Å². The SMILES string of the molecule is CNCc1cccc(S(=O)(=O)NCc2ncon2)c1. The van der Waals surface area contributed by atoms with Gasteiger partial charge in [-0.2, -0.15) is 4.98 Å². The predicted molar refractivity (Wildman–Crippen MR) is 67.5 cm³/mol. The van der Waals surface area contributed by atoms with Crippen LogP contribution in [0.1, 0.15) is 11.4 Å². The molecule has 2 N–H and O–H groups in total. The molecule has 0 saturated heterocycles. The van der Waals surface area contributed by atoms with Crippen LogP contribution in [0.2, 0.25) is 0 Å². The molecule has 102 valence electrons. The first kappa shape index (κ1) is 13.7. The van der Waals surface area contributed by atoms with Crippen LogP contribution in [-0.2, 0) is 23.1 Å². The average molecular weight is 282 g/mol. The summed E-state index contributed by atoms with van der Waals surface area (Å²) in [5, 5.41) is 6.51. The van der Waals surface area contributed by atoms with Gasteiger partial charge in [-0.3, -0.25) is 0 Å². The molecule has 1 aromatic carbocycles. The Hall–Kier alpha value is -1.77. The minimum atomic E-state index is -3.58. The highest BCUT2D eigenvalue weighted by Gasteiger charge is 2.15. The highest BCUT2D eigenvalue weighted by molar-refractivity contribution is 7.89. The molecule has 1 aromatic heterocycles. The van der Waals surface area contributed by atoms with Crippen molar-refractivity contribution in [2.75, 3.05) is 7.05 Å². The van der Waals surface area contributed by atoms with Crippen LogP contribution in [0.15, 0.2) is 40.1 Å². The molecule has 8 heteroatoms. The first-order valence-electron chi connectivity index (χ1n) is 5.60. The van der Waals surface area contributed by atoms with Crippen molar-refractivity contribution in [1.29, 1.82) is 0 Å². The smallest absolute Gasteiger partial charge is 0.240 e. The average Bonchev–Trinajstić information content (AvgIpc) is 2.90. The summed E-state index contributed by atoms with van der Waals surface area (Å²) in [6.45, 7) is 0.600. The van der Waals surface area contributed by atoms with Gasteiger partial charge in [0.1, 0.15) is 0 Å². The Labute approximate surface area is 111 Å². The maximum Gasteiger partial charge on any atom is 0.240 e. The summed E-state index contributed by atoms with van der Waals surface area (Å²) in [5.74, 6) is 0.287. The zero-order chi connectivity index (χ0) is 13.7. The van der Waals surface area contributed by atoms with Crippen LogP contribution in [0.3, 0.4) is 0 Å². The zero-order valence-corrected chi connectivity index (χ0v) is 11.1. The van der Waals surface area contributed by atoms with Gasteiger partial charge in [0.25, 0.3) is 0 Å². The van der Waals surface area contributed by atoms with Gasteiger partial charge in [0, 0.05) is 6.54 Å². The topological polar surface area (TPSA) is 97.1 Å². The highest BCUT2D eigenvalue weighted by Crippen LogP contribution is 2.11. The Morgan fingerprint density at radius 1 is 1.32 bits per heavy atom. The molecular weight excluding hydrogens is 268 g/mol. The lowest BCUT2D eigenvalue weighted by molar-refractivity contribution is 0.409. The summed E-state index contributed by atoms with van der Waals surface area (Å²) in [7, 11) is -1.78. The number of hydrogen-bond acceptors (Lipinski definition) is 6. The van der Waals surface area contributed by atoms with E-state index in [-0.39, 0.29) is 17.3 Å². The van der Waals surface area contributed by atoms with Crippen molar-refractivity contribution in [3.8, 4) is 0 Å². The van der Waals surface area contributed by atoms with E-state index in [9.17, 15) is 8.42 Å². The molecule has 0 fully saturated rings. The molecule has 0 spiro atoms. The van der Waals surface area contributed by atoms with E-state index in [1.54, 1.807) is 19.2 Å². The van der Waals surface area contributed by atoms with E-state index in [1.807, 2.05) is 6.07 Å². The third-order valence-electron chi connectivity index (χ3n) is 2.42. The first-order valence-corrected chi connectivity index (χ1v) is 7.08. The fourth-order valence-corrected chi connectivity index (χ4v) is 2.59. The van der Waals surface area contributed by atoms with E-state index in [0.29, 0.717) is 6.54 Å². The zero-order valence-electron chi connectivity index (χ0n) is 10.3. The molecule has 2 aromatic rings. The Balaban J connectivity index is 2.12. The molecule has 7 nitrogen and oxygen atoms in total. The number of sulfonamides is 1. The summed E-state index contributed by atoms with van der Waals surface area (Å²) < 4.78 is 31.1. The van der Waals surface area contributed by atoms with Gasteiger partial charge in [-0.25, -0.2) is 13.1 Å². The third kappa shape index (κ3) is 3.60. The fourth-order valence-electron chi connectivity index (χ4n) is 1.54. The Morgan fingerprint density at radius 3 is 2.84 bits per heavy atom.